The molecule has 1 aromatic carbocycles. The molecule has 6 rings (SSSR count). The number of ether oxygens (including phenoxy) is 3. The van der Waals surface area contributed by atoms with E-state index < -0.39 is 0 Å². The Bertz CT molecular complexity index is 1080. The van der Waals surface area contributed by atoms with E-state index in [1.165, 1.54) is 6.07 Å². The van der Waals surface area contributed by atoms with Crippen molar-refractivity contribution in [1.82, 2.24) is 9.80 Å². The molecule has 4 aliphatic heterocycles. The van der Waals surface area contributed by atoms with Gasteiger partial charge in [0.05, 0.1) is 18.9 Å². The number of piperidine rings is 1. The minimum absolute atomic E-state index is 0.101. The van der Waals surface area contributed by atoms with E-state index >= 15 is 0 Å². The van der Waals surface area contributed by atoms with Gasteiger partial charge in [-0.3, -0.25) is 4.90 Å². The Hall–Kier alpha value is -2.39. The maximum atomic E-state index is 14.5. The molecular formula is C31H44FN3O5. The summed E-state index contributed by atoms with van der Waals surface area (Å²) in [5.41, 5.74) is 1.42. The summed E-state index contributed by atoms with van der Waals surface area (Å²) in [5.74, 6) is -0.268. The molecule has 9 heteroatoms. The SMILES string of the molecule is CCC(CC1CCC(C)N1C(=O)OC1CCC1)N1CCC2(CC1)CN(C(=O)O[C@@H]1CCOC1)c1ccc(F)cc12. The molecule has 8 nitrogen and oxygen atoms in total. The summed E-state index contributed by atoms with van der Waals surface area (Å²) in [7, 11) is 0. The highest BCUT2D eigenvalue weighted by Gasteiger charge is 2.48. The standard InChI is InChI=1S/C31H44FN3O5/c1-3-23(18-24-9-7-21(2)35(24)30(37)39-25-5-4-6-25)33-14-12-31(13-15-33)20-34(28-10-8-22(32)17-27(28)31)29(36)40-26-11-16-38-19-26/h8,10,17,21,23-26H,3-7,9,11-16,18-20H2,1-2H3/t21?,23?,24?,26-/m1/s1. The zero-order valence-corrected chi connectivity index (χ0v) is 24.0. The predicted octanol–water partition coefficient (Wildman–Crippen LogP) is 5.62. The van der Waals surface area contributed by atoms with E-state index in [0.717, 1.165) is 82.1 Å². The molecule has 2 amide bonds. The van der Waals surface area contributed by atoms with Crippen LogP contribution in [0.1, 0.15) is 83.6 Å². The highest BCUT2D eigenvalue weighted by molar-refractivity contribution is 5.91. The molecule has 1 saturated carbocycles. The fourth-order valence-corrected chi connectivity index (χ4v) is 7.57. The second-order valence-corrected chi connectivity index (χ2v) is 12.7. The number of carbonyl (C=O) groups excluding carboxylic acids is 2. The molecule has 0 radical (unpaired) electrons. The minimum Gasteiger partial charge on any atom is -0.446 e. The molecule has 3 saturated heterocycles. The van der Waals surface area contributed by atoms with E-state index in [-0.39, 0.29) is 47.7 Å². The number of halogens is 1. The smallest absolute Gasteiger partial charge is 0.414 e. The molecule has 1 aliphatic carbocycles. The van der Waals surface area contributed by atoms with Gasteiger partial charge in [-0.1, -0.05) is 6.92 Å². The van der Waals surface area contributed by atoms with Crippen molar-refractivity contribution in [3.8, 4) is 0 Å². The van der Waals surface area contributed by atoms with Gasteiger partial charge in [0, 0.05) is 36.5 Å². The van der Waals surface area contributed by atoms with Gasteiger partial charge in [0.25, 0.3) is 0 Å². The topological polar surface area (TPSA) is 71.6 Å². The van der Waals surface area contributed by atoms with Crippen LogP contribution in [-0.2, 0) is 19.6 Å². The van der Waals surface area contributed by atoms with Crippen LogP contribution in [0.4, 0.5) is 19.7 Å². The number of rotatable bonds is 6. The molecule has 220 valence electrons. The normalized spacial score (nSPS) is 28.9. The van der Waals surface area contributed by atoms with Crippen LogP contribution in [0.15, 0.2) is 18.2 Å². The molecule has 4 atom stereocenters. The van der Waals surface area contributed by atoms with Crippen LogP contribution in [0, 0.1) is 5.82 Å². The molecular weight excluding hydrogens is 513 g/mol. The fourth-order valence-electron chi connectivity index (χ4n) is 7.57. The number of nitrogens with zero attached hydrogens (tertiary/aromatic N) is 3. The van der Waals surface area contributed by atoms with Gasteiger partial charge >= 0.3 is 12.2 Å². The maximum absolute atomic E-state index is 14.5. The van der Waals surface area contributed by atoms with Crippen LogP contribution in [0.3, 0.4) is 0 Å². The van der Waals surface area contributed by atoms with Crippen LogP contribution in [0.5, 0.6) is 0 Å². The zero-order valence-electron chi connectivity index (χ0n) is 24.0. The van der Waals surface area contributed by atoms with Crippen LogP contribution in [0.2, 0.25) is 0 Å². The Kier molecular flexibility index (Phi) is 7.96. The first-order valence-electron chi connectivity index (χ1n) is 15.5. The van der Waals surface area contributed by atoms with Gasteiger partial charge in [0.15, 0.2) is 0 Å². The van der Waals surface area contributed by atoms with Crippen LogP contribution >= 0.6 is 0 Å². The molecule has 40 heavy (non-hydrogen) atoms. The molecule has 1 spiro atoms. The van der Waals surface area contributed by atoms with Gasteiger partial charge in [0.2, 0.25) is 0 Å². The van der Waals surface area contributed by atoms with Crippen LogP contribution in [0.25, 0.3) is 0 Å². The molecule has 1 aromatic rings. The lowest BCUT2D eigenvalue weighted by molar-refractivity contribution is 0.0136. The van der Waals surface area contributed by atoms with E-state index in [9.17, 15) is 14.0 Å². The molecule has 0 aromatic heterocycles. The average Bonchev–Trinajstić information content (AvgIpc) is 3.64. The average molecular weight is 558 g/mol. The van der Waals surface area contributed by atoms with Crippen LogP contribution < -0.4 is 4.90 Å². The number of anilines is 1. The summed E-state index contributed by atoms with van der Waals surface area (Å²) in [6, 6.07) is 5.57. The second-order valence-electron chi connectivity index (χ2n) is 12.7. The van der Waals surface area contributed by atoms with Crippen molar-refractivity contribution in [2.45, 2.75) is 114 Å². The third kappa shape index (κ3) is 5.31. The van der Waals surface area contributed by atoms with E-state index in [0.29, 0.717) is 32.2 Å². The highest BCUT2D eigenvalue weighted by atomic mass is 19.1. The number of likely N-dealkylation sites (tertiary alicyclic amines) is 2. The minimum atomic E-state index is -0.363. The number of amides is 2. The zero-order chi connectivity index (χ0) is 27.9. The van der Waals surface area contributed by atoms with Crippen molar-refractivity contribution in [3.05, 3.63) is 29.6 Å². The van der Waals surface area contributed by atoms with E-state index in [2.05, 4.69) is 18.7 Å². The maximum Gasteiger partial charge on any atom is 0.414 e. The van der Waals surface area contributed by atoms with Crippen molar-refractivity contribution in [2.75, 3.05) is 37.7 Å². The van der Waals surface area contributed by atoms with Gasteiger partial charge in [-0.25, -0.2) is 14.0 Å². The quantitative estimate of drug-likeness (QED) is 0.453. The summed E-state index contributed by atoms with van der Waals surface area (Å²) >= 11 is 0. The molecule has 4 fully saturated rings. The lowest BCUT2D eigenvalue weighted by Gasteiger charge is -2.44. The molecule has 5 aliphatic rings. The predicted molar refractivity (Wildman–Crippen MR) is 149 cm³/mol. The van der Waals surface area contributed by atoms with Crippen molar-refractivity contribution < 1.29 is 28.2 Å². The Labute approximate surface area is 237 Å². The number of hydrogen-bond donors (Lipinski definition) is 0. The van der Waals surface area contributed by atoms with Crippen molar-refractivity contribution in [3.63, 3.8) is 0 Å². The largest absolute Gasteiger partial charge is 0.446 e. The monoisotopic (exact) mass is 557 g/mol. The Balaban J connectivity index is 1.12. The number of benzene rings is 1. The van der Waals surface area contributed by atoms with E-state index in [1.54, 1.807) is 17.0 Å². The van der Waals surface area contributed by atoms with Crippen molar-refractivity contribution >= 4 is 17.9 Å². The summed E-state index contributed by atoms with van der Waals surface area (Å²) in [4.78, 5) is 32.5. The number of hydrogen-bond acceptors (Lipinski definition) is 6. The van der Waals surface area contributed by atoms with Gasteiger partial charge in [-0.15, -0.1) is 0 Å². The lowest BCUT2D eigenvalue weighted by atomic mass is 9.74. The van der Waals surface area contributed by atoms with Gasteiger partial charge < -0.3 is 24.0 Å². The van der Waals surface area contributed by atoms with E-state index in [4.69, 9.17) is 14.2 Å². The lowest BCUT2D eigenvalue weighted by Crippen LogP contribution is -2.51. The first kappa shape index (κ1) is 27.8. The molecule has 3 unspecified atom stereocenters. The highest BCUT2D eigenvalue weighted by Crippen LogP contribution is 2.48. The Morgan fingerprint density at radius 2 is 1.85 bits per heavy atom. The summed E-state index contributed by atoms with van der Waals surface area (Å²) in [5, 5.41) is 0. The molecule has 0 N–H and O–H groups in total. The number of fused-ring (bicyclic) bond motifs is 2. The third-order valence-electron chi connectivity index (χ3n) is 10.3. The second kappa shape index (κ2) is 11.5. The number of carbonyl (C=O) groups is 2. The first-order chi connectivity index (χ1) is 19.4. The van der Waals surface area contributed by atoms with Gasteiger partial charge in [-0.2, -0.15) is 0 Å². The van der Waals surface area contributed by atoms with Crippen LogP contribution in [-0.4, -0.2) is 85.2 Å². The summed E-state index contributed by atoms with van der Waals surface area (Å²) in [6.45, 7) is 7.69. The first-order valence-corrected chi connectivity index (χ1v) is 15.5. The fraction of sp³-hybridized carbons (Fsp3) is 0.742. The summed E-state index contributed by atoms with van der Waals surface area (Å²) in [6.07, 6.45) is 8.93. The third-order valence-corrected chi connectivity index (χ3v) is 10.3. The summed E-state index contributed by atoms with van der Waals surface area (Å²) < 4.78 is 31.4. The van der Waals surface area contributed by atoms with Gasteiger partial charge in [-0.05, 0) is 102 Å². The Morgan fingerprint density at radius 3 is 2.52 bits per heavy atom. The molecule has 0 bridgehead atoms. The van der Waals surface area contributed by atoms with E-state index in [1.807, 2.05) is 4.90 Å². The van der Waals surface area contributed by atoms with Crippen molar-refractivity contribution in [1.29, 1.82) is 0 Å². The van der Waals surface area contributed by atoms with Crippen molar-refractivity contribution in [2.24, 2.45) is 0 Å². The van der Waals surface area contributed by atoms with Gasteiger partial charge in [0.1, 0.15) is 18.0 Å². The Morgan fingerprint density at radius 1 is 1.07 bits per heavy atom. The molecule has 4 heterocycles.